The molecule has 7 nitrogen and oxygen atoms in total. The minimum absolute atomic E-state index is 0.107. The third-order valence-corrected chi connectivity index (χ3v) is 4.40. The molecule has 148 valence electrons. The van der Waals surface area contributed by atoms with E-state index >= 15 is 0 Å². The van der Waals surface area contributed by atoms with Crippen molar-refractivity contribution < 1.29 is 27.4 Å². The lowest BCUT2D eigenvalue weighted by Gasteiger charge is -2.16. The molecule has 1 aromatic carbocycles. The predicted octanol–water partition coefficient (Wildman–Crippen LogP) is 3.50. The quantitative estimate of drug-likeness (QED) is 0.714. The first-order chi connectivity index (χ1) is 13.4. The van der Waals surface area contributed by atoms with Gasteiger partial charge in [-0.3, -0.25) is 4.40 Å². The van der Waals surface area contributed by atoms with Crippen LogP contribution < -0.4 is 14.8 Å². The Morgan fingerprint density at radius 3 is 2.82 bits per heavy atom. The van der Waals surface area contributed by atoms with E-state index in [1.54, 1.807) is 28.8 Å². The lowest BCUT2D eigenvalue weighted by Crippen LogP contribution is -2.22. The highest BCUT2D eigenvalue weighted by Gasteiger charge is 2.33. The van der Waals surface area contributed by atoms with Crippen molar-refractivity contribution in [2.75, 3.05) is 25.6 Å². The van der Waals surface area contributed by atoms with E-state index in [1.807, 2.05) is 0 Å². The predicted molar refractivity (Wildman–Crippen MR) is 94.5 cm³/mol. The van der Waals surface area contributed by atoms with Crippen LogP contribution in [0, 0.1) is 0 Å². The first kappa shape index (κ1) is 18.4. The van der Waals surface area contributed by atoms with Crippen molar-refractivity contribution in [1.82, 2.24) is 14.6 Å². The molecule has 3 aromatic rings. The van der Waals surface area contributed by atoms with Crippen molar-refractivity contribution in [3.8, 4) is 22.8 Å². The smallest absolute Gasteiger partial charge is 0.497 e. The maximum Gasteiger partial charge on any atom is 0.573 e. The van der Waals surface area contributed by atoms with Gasteiger partial charge in [0, 0.05) is 24.4 Å². The highest BCUT2D eigenvalue weighted by Crippen LogP contribution is 2.37. The lowest BCUT2D eigenvalue weighted by molar-refractivity contribution is -0.274. The third kappa shape index (κ3) is 3.68. The van der Waals surface area contributed by atoms with E-state index in [9.17, 15) is 13.2 Å². The van der Waals surface area contributed by atoms with Crippen LogP contribution in [0.1, 0.15) is 6.42 Å². The number of anilines is 1. The Kier molecular flexibility index (Phi) is 4.71. The van der Waals surface area contributed by atoms with Crippen molar-refractivity contribution in [2.45, 2.75) is 18.8 Å². The summed E-state index contributed by atoms with van der Waals surface area (Å²) in [5.41, 5.74) is 1.01. The second-order valence-corrected chi connectivity index (χ2v) is 6.25. The molecule has 1 atom stereocenters. The summed E-state index contributed by atoms with van der Waals surface area (Å²) in [6.45, 7) is 1.23. The van der Waals surface area contributed by atoms with Crippen LogP contribution in [-0.2, 0) is 4.74 Å². The molecule has 1 N–H and O–H groups in total. The fourth-order valence-corrected chi connectivity index (χ4v) is 3.11. The Labute approximate surface area is 158 Å². The summed E-state index contributed by atoms with van der Waals surface area (Å²) in [5, 5.41) is 11.6. The summed E-state index contributed by atoms with van der Waals surface area (Å²) in [6.07, 6.45) is -2.25. The van der Waals surface area contributed by atoms with Gasteiger partial charge in [0.15, 0.2) is 0 Å². The van der Waals surface area contributed by atoms with E-state index < -0.39 is 12.1 Å². The minimum atomic E-state index is -4.85. The number of alkyl halides is 3. The molecule has 10 heteroatoms. The van der Waals surface area contributed by atoms with Crippen molar-refractivity contribution in [3.63, 3.8) is 0 Å². The number of methoxy groups -OCH3 is 1. The molecule has 0 bridgehead atoms. The molecule has 0 radical (unpaired) electrons. The standard InChI is InChI=1S/C18H17F3N4O3/c1-26-12-4-5-13(15(9-12)28-18(19,20)21)16-14-3-2-7-25(14)17(24-23-16)22-11-6-8-27-10-11/h2-5,7,9,11H,6,8,10H2,1H3,(H,22,24)/t11-/m1/s1. The summed E-state index contributed by atoms with van der Waals surface area (Å²) >= 11 is 0. The number of fused-ring (bicyclic) bond motifs is 1. The van der Waals surface area contributed by atoms with Gasteiger partial charge in [0.2, 0.25) is 5.95 Å². The summed E-state index contributed by atoms with van der Waals surface area (Å²) in [4.78, 5) is 0. The average Bonchev–Trinajstić information content (AvgIpc) is 3.33. The molecule has 1 aliphatic rings. The Balaban J connectivity index is 1.78. The number of nitrogens with one attached hydrogen (secondary N) is 1. The van der Waals surface area contributed by atoms with Crippen LogP contribution in [0.5, 0.6) is 11.5 Å². The fraction of sp³-hybridized carbons (Fsp3) is 0.333. The van der Waals surface area contributed by atoms with Crippen molar-refractivity contribution in [1.29, 1.82) is 0 Å². The second-order valence-electron chi connectivity index (χ2n) is 6.25. The number of hydrogen-bond acceptors (Lipinski definition) is 6. The molecule has 28 heavy (non-hydrogen) atoms. The Bertz CT molecular complexity index is 984. The number of hydrogen-bond donors (Lipinski definition) is 1. The second kappa shape index (κ2) is 7.19. The monoisotopic (exact) mass is 394 g/mol. The van der Waals surface area contributed by atoms with Crippen LogP contribution >= 0.6 is 0 Å². The summed E-state index contributed by atoms with van der Waals surface area (Å²) in [6, 6.07) is 7.81. The number of aromatic nitrogens is 3. The van der Waals surface area contributed by atoms with Crippen LogP contribution in [0.4, 0.5) is 19.1 Å². The minimum Gasteiger partial charge on any atom is -0.497 e. The topological polar surface area (TPSA) is 69.9 Å². The van der Waals surface area contributed by atoms with E-state index in [0.29, 0.717) is 24.7 Å². The zero-order chi connectivity index (χ0) is 19.7. The van der Waals surface area contributed by atoms with Gasteiger partial charge in [-0.2, -0.15) is 0 Å². The lowest BCUT2D eigenvalue weighted by atomic mass is 10.1. The summed E-state index contributed by atoms with van der Waals surface area (Å²) < 4.78 is 55.0. The maximum absolute atomic E-state index is 12.9. The Morgan fingerprint density at radius 2 is 2.11 bits per heavy atom. The van der Waals surface area contributed by atoms with Gasteiger partial charge in [0.25, 0.3) is 0 Å². The molecule has 0 unspecified atom stereocenters. The van der Waals surface area contributed by atoms with Gasteiger partial charge in [0.1, 0.15) is 17.2 Å². The molecule has 0 saturated carbocycles. The van der Waals surface area contributed by atoms with Gasteiger partial charge < -0.3 is 19.5 Å². The summed E-state index contributed by atoms with van der Waals surface area (Å²) in [7, 11) is 1.37. The molecular weight excluding hydrogens is 377 g/mol. The molecule has 0 spiro atoms. The van der Waals surface area contributed by atoms with Crippen molar-refractivity contribution >= 4 is 11.5 Å². The number of nitrogens with zero attached hydrogens (tertiary/aromatic N) is 3. The molecule has 0 aliphatic carbocycles. The maximum atomic E-state index is 12.9. The highest BCUT2D eigenvalue weighted by atomic mass is 19.4. The number of rotatable bonds is 5. The Hall–Kier alpha value is -3.01. The van der Waals surface area contributed by atoms with E-state index in [1.165, 1.54) is 19.2 Å². The average molecular weight is 394 g/mol. The first-order valence-electron chi connectivity index (χ1n) is 8.57. The molecule has 3 heterocycles. The van der Waals surface area contributed by atoms with Gasteiger partial charge in [-0.1, -0.05) is 0 Å². The van der Waals surface area contributed by atoms with Crippen LogP contribution in [0.25, 0.3) is 16.8 Å². The highest BCUT2D eigenvalue weighted by molar-refractivity contribution is 5.81. The molecule has 2 aromatic heterocycles. The fourth-order valence-electron chi connectivity index (χ4n) is 3.11. The van der Waals surface area contributed by atoms with Crippen LogP contribution in [-0.4, -0.2) is 47.3 Å². The number of halogens is 3. The van der Waals surface area contributed by atoms with Crippen LogP contribution in [0.2, 0.25) is 0 Å². The van der Waals surface area contributed by atoms with Gasteiger partial charge in [0.05, 0.1) is 25.3 Å². The van der Waals surface area contributed by atoms with Gasteiger partial charge >= 0.3 is 6.36 Å². The van der Waals surface area contributed by atoms with E-state index in [0.717, 1.165) is 6.42 Å². The first-order valence-corrected chi connectivity index (χ1v) is 8.57. The van der Waals surface area contributed by atoms with E-state index in [-0.39, 0.29) is 23.0 Å². The number of ether oxygens (including phenoxy) is 3. The molecule has 1 fully saturated rings. The van der Waals surface area contributed by atoms with Crippen LogP contribution in [0.15, 0.2) is 36.5 Å². The summed E-state index contributed by atoms with van der Waals surface area (Å²) in [5.74, 6) is 0.321. The van der Waals surface area contributed by atoms with Gasteiger partial charge in [-0.25, -0.2) is 0 Å². The van der Waals surface area contributed by atoms with Crippen molar-refractivity contribution in [2.24, 2.45) is 0 Å². The zero-order valence-corrected chi connectivity index (χ0v) is 14.9. The van der Waals surface area contributed by atoms with E-state index in [4.69, 9.17) is 9.47 Å². The van der Waals surface area contributed by atoms with Crippen LogP contribution in [0.3, 0.4) is 0 Å². The molecule has 4 rings (SSSR count). The van der Waals surface area contributed by atoms with Gasteiger partial charge in [-0.05, 0) is 30.7 Å². The van der Waals surface area contributed by atoms with Gasteiger partial charge in [-0.15, -0.1) is 23.4 Å². The SMILES string of the molecule is COc1ccc(-c2nnc(N[C@@H]3CCOC3)n3cccc23)c(OC(F)(F)F)c1. The normalized spacial score (nSPS) is 17.1. The third-order valence-electron chi connectivity index (χ3n) is 4.40. The number of benzene rings is 1. The Morgan fingerprint density at radius 1 is 1.25 bits per heavy atom. The van der Waals surface area contributed by atoms with E-state index in [2.05, 4.69) is 20.3 Å². The molecule has 1 aliphatic heterocycles. The van der Waals surface area contributed by atoms with Crippen molar-refractivity contribution in [3.05, 3.63) is 36.5 Å². The molecule has 0 amide bonds. The zero-order valence-electron chi connectivity index (χ0n) is 14.9. The largest absolute Gasteiger partial charge is 0.573 e. The molecular formula is C18H17F3N4O3. The molecule has 1 saturated heterocycles.